The van der Waals surface area contributed by atoms with Crippen molar-refractivity contribution in [2.45, 2.75) is 25.2 Å². The number of hydrogen-bond donors (Lipinski definition) is 2. The summed E-state index contributed by atoms with van der Waals surface area (Å²) in [5.74, 6) is -3.71. The van der Waals surface area contributed by atoms with Crippen LogP contribution in [0.5, 0.6) is 0 Å². The van der Waals surface area contributed by atoms with Crippen LogP contribution < -0.4 is 0 Å². The Labute approximate surface area is 146 Å². The molecule has 1 aromatic heterocycles. The van der Waals surface area contributed by atoms with E-state index in [1.165, 1.54) is 24.8 Å². The van der Waals surface area contributed by atoms with Gasteiger partial charge in [-0.3, -0.25) is 0 Å². The van der Waals surface area contributed by atoms with Crippen molar-refractivity contribution in [2.75, 3.05) is 0 Å². The Morgan fingerprint density at radius 2 is 1.92 bits per heavy atom. The lowest BCUT2D eigenvalue weighted by molar-refractivity contribution is -0.134. The third-order valence-electron chi connectivity index (χ3n) is 3.61. The number of rotatable bonds is 5. The molecule has 8 nitrogen and oxygen atoms in total. The fourth-order valence-corrected chi connectivity index (χ4v) is 2.35. The zero-order valence-corrected chi connectivity index (χ0v) is 13.5. The van der Waals surface area contributed by atoms with Crippen molar-refractivity contribution in [3.63, 3.8) is 0 Å². The van der Waals surface area contributed by atoms with Gasteiger partial charge in [-0.05, 0) is 13.0 Å². The smallest absolute Gasteiger partial charge is 0.328 e. The number of aliphatic carboxylic acids is 2. The van der Waals surface area contributed by atoms with Crippen molar-refractivity contribution in [2.24, 2.45) is 0 Å². The van der Waals surface area contributed by atoms with Crippen molar-refractivity contribution in [3.05, 3.63) is 60.2 Å². The summed E-state index contributed by atoms with van der Waals surface area (Å²) in [7, 11) is 0. The molecule has 2 heterocycles. The predicted octanol–water partition coefficient (Wildman–Crippen LogP) is 1.58. The van der Waals surface area contributed by atoms with E-state index in [0.717, 1.165) is 6.07 Å². The third-order valence-corrected chi connectivity index (χ3v) is 3.61. The first kappa shape index (κ1) is 19.2. The minimum absolute atomic E-state index is 0.137. The van der Waals surface area contributed by atoms with E-state index in [9.17, 15) is 18.4 Å². The molecule has 1 saturated heterocycles. The fraction of sp³-hybridized carbons (Fsp3) is 0.250. The van der Waals surface area contributed by atoms with Crippen LogP contribution in [0, 0.1) is 11.6 Å². The first-order valence-electron chi connectivity index (χ1n) is 7.34. The highest BCUT2D eigenvalue weighted by Gasteiger charge is 2.56. The molecule has 0 saturated carbocycles. The lowest BCUT2D eigenvalue weighted by Crippen LogP contribution is -2.22. The number of benzene rings is 1. The van der Waals surface area contributed by atoms with Crippen LogP contribution in [0.1, 0.15) is 12.5 Å². The molecule has 0 spiro atoms. The summed E-state index contributed by atoms with van der Waals surface area (Å²) in [6.45, 7) is 2.20. The number of carbonyl (C=O) groups is 2. The van der Waals surface area contributed by atoms with Crippen molar-refractivity contribution in [3.8, 4) is 0 Å². The van der Waals surface area contributed by atoms with Crippen molar-refractivity contribution in [1.82, 2.24) is 14.8 Å². The van der Waals surface area contributed by atoms with Crippen molar-refractivity contribution >= 4 is 11.9 Å². The maximum absolute atomic E-state index is 13.8. The SMILES string of the molecule is C[C@@H]1O[C@@]1(Cn1cncn1)c1ccc(F)cc1F.O=C(O)/C=C\C(=O)O. The maximum Gasteiger partial charge on any atom is 0.328 e. The standard InChI is InChI=1S/C12H11F2N3O.C4H4O4/c1-8-12(18-8,5-17-7-15-6-16-17)10-3-2-9(13)4-11(10)14;5-3(6)1-2-4(7)8/h2-4,6-8H,5H2,1H3;1-2H,(H,5,6)(H,7,8)/b;2-1-/t8-,12+;/m0./s1. The summed E-state index contributed by atoms with van der Waals surface area (Å²) in [4.78, 5) is 22.9. The van der Waals surface area contributed by atoms with Crippen LogP contribution >= 0.6 is 0 Å². The van der Waals surface area contributed by atoms with E-state index >= 15 is 0 Å². The van der Waals surface area contributed by atoms with Gasteiger partial charge in [0, 0.05) is 23.8 Å². The predicted molar refractivity (Wildman–Crippen MR) is 83.0 cm³/mol. The van der Waals surface area contributed by atoms with E-state index in [4.69, 9.17) is 14.9 Å². The van der Waals surface area contributed by atoms with Gasteiger partial charge < -0.3 is 14.9 Å². The molecule has 2 aromatic rings. The molecule has 0 amide bonds. The van der Waals surface area contributed by atoms with Gasteiger partial charge in [0.1, 0.15) is 29.9 Å². The first-order valence-corrected chi connectivity index (χ1v) is 7.34. The van der Waals surface area contributed by atoms with Crippen LogP contribution in [0.15, 0.2) is 43.0 Å². The number of nitrogens with zero attached hydrogens (tertiary/aromatic N) is 3. The molecule has 1 fully saturated rings. The Morgan fingerprint density at radius 1 is 1.31 bits per heavy atom. The minimum Gasteiger partial charge on any atom is -0.478 e. The van der Waals surface area contributed by atoms with Crippen LogP contribution in [0.25, 0.3) is 0 Å². The number of ether oxygens (including phenoxy) is 1. The molecule has 26 heavy (non-hydrogen) atoms. The van der Waals surface area contributed by atoms with Gasteiger partial charge in [0.05, 0.1) is 12.6 Å². The number of epoxide rings is 1. The number of halogens is 2. The zero-order chi connectivity index (χ0) is 19.3. The second kappa shape index (κ2) is 7.83. The molecule has 1 aromatic carbocycles. The van der Waals surface area contributed by atoms with Gasteiger partial charge in [-0.25, -0.2) is 28.0 Å². The summed E-state index contributed by atoms with van der Waals surface area (Å²) in [5.41, 5.74) is -0.419. The highest BCUT2D eigenvalue weighted by molar-refractivity contribution is 5.89. The molecule has 0 bridgehead atoms. The average molecular weight is 367 g/mol. The van der Waals surface area contributed by atoms with Gasteiger partial charge in [-0.15, -0.1) is 0 Å². The van der Waals surface area contributed by atoms with E-state index in [1.807, 2.05) is 6.92 Å². The number of carboxylic acid groups (broad SMARTS) is 2. The molecule has 3 rings (SSSR count). The summed E-state index contributed by atoms with van der Waals surface area (Å²) in [6.07, 6.45) is 3.92. The lowest BCUT2D eigenvalue weighted by atomic mass is 9.95. The molecule has 138 valence electrons. The van der Waals surface area contributed by atoms with Crippen molar-refractivity contribution < 1.29 is 33.3 Å². The van der Waals surface area contributed by atoms with E-state index in [2.05, 4.69) is 10.1 Å². The van der Waals surface area contributed by atoms with Crippen LogP contribution in [0.4, 0.5) is 8.78 Å². The lowest BCUT2D eigenvalue weighted by Gasteiger charge is -2.13. The molecular weight excluding hydrogens is 352 g/mol. The van der Waals surface area contributed by atoms with E-state index in [-0.39, 0.29) is 6.10 Å². The Balaban J connectivity index is 0.000000260. The molecule has 0 unspecified atom stereocenters. The Hall–Kier alpha value is -3.14. The number of aromatic nitrogens is 3. The first-order chi connectivity index (χ1) is 12.2. The topological polar surface area (TPSA) is 118 Å². The zero-order valence-electron chi connectivity index (χ0n) is 13.5. The van der Waals surface area contributed by atoms with Crippen LogP contribution in [-0.4, -0.2) is 43.0 Å². The minimum atomic E-state index is -1.26. The summed E-state index contributed by atoms with van der Waals surface area (Å²) in [5, 5.41) is 19.6. The van der Waals surface area contributed by atoms with Crippen LogP contribution in [-0.2, 0) is 26.5 Å². The van der Waals surface area contributed by atoms with Gasteiger partial charge in [-0.2, -0.15) is 5.10 Å². The second-order valence-corrected chi connectivity index (χ2v) is 5.38. The van der Waals surface area contributed by atoms with Crippen LogP contribution in [0.2, 0.25) is 0 Å². The second-order valence-electron chi connectivity index (χ2n) is 5.38. The summed E-state index contributed by atoms with van der Waals surface area (Å²) in [6, 6.07) is 3.52. The van der Waals surface area contributed by atoms with Crippen LogP contribution in [0.3, 0.4) is 0 Å². The van der Waals surface area contributed by atoms with Gasteiger partial charge in [-0.1, -0.05) is 6.07 Å². The summed E-state index contributed by atoms with van der Waals surface area (Å²) >= 11 is 0. The quantitative estimate of drug-likeness (QED) is 0.608. The summed E-state index contributed by atoms with van der Waals surface area (Å²) < 4.78 is 33.9. The fourth-order valence-electron chi connectivity index (χ4n) is 2.35. The molecular formula is C16H15F2N3O5. The van der Waals surface area contributed by atoms with Crippen molar-refractivity contribution in [1.29, 1.82) is 0 Å². The van der Waals surface area contributed by atoms with E-state index in [1.54, 1.807) is 4.68 Å². The van der Waals surface area contributed by atoms with Gasteiger partial charge in [0.15, 0.2) is 0 Å². The van der Waals surface area contributed by atoms with Gasteiger partial charge in [0.25, 0.3) is 0 Å². The highest BCUT2D eigenvalue weighted by atomic mass is 19.1. The monoisotopic (exact) mass is 367 g/mol. The Morgan fingerprint density at radius 3 is 2.35 bits per heavy atom. The number of hydrogen-bond acceptors (Lipinski definition) is 5. The number of carboxylic acids is 2. The molecule has 1 aliphatic heterocycles. The Bertz CT molecular complexity index is 809. The molecule has 2 atom stereocenters. The maximum atomic E-state index is 13.8. The molecule has 0 radical (unpaired) electrons. The van der Waals surface area contributed by atoms with Gasteiger partial charge >= 0.3 is 11.9 Å². The third kappa shape index (κ3) is 4.70. The molecule has 0 aliphatic carbocycles. The average Bonchev–Trinajstić information content (AvgIpc) is 2.95. The molecule has 1 aliphatic rings. The normalized spacial score (nSPS) is 21.1. The highest BCUT2D eigenvalue weighted by Crippen LogP contribution is 2.48. The largest absolute Gasteiger partial charge is 0.478 e. The van der Waals surface area contributed by atoms with E-state index in [0.29, 0.717) is 24.3 Å². The van der Waals surface area contributed by atoms with Gasteiger partial charge in [0.2, 0.25) is 0 Å². The van der Waals surface area contributed by atoms with E-state index < -0.39 is 29.2 Å². The molecule has 10 heteroatoms. The molecule has 2 N–H and O–H groups in total. The Kier molecular flexibility index (Phi) is 5.78.